The topological polar surface area (TPSA) is 95.7 Å². The van der Waals surface area contributed by atoms with Gasteiger partial charge in [-0.2, -0.15) is 0 Å². The van der Waals surface area contributed by atoms with Crippen molar-refractivity contribution >= 4 is 28.7 Å². The first kappa shape index (κ1) is 19.4. The highest BCUT2D eigenvalue weighted by molar-refractivity contribution is 5.93. The lowest BCUT2D eigenvalue weighted by atomic mass is 10.1. The van der Waals surface area contributed by atoms with Crippen LogP contribution >= 0.6 is 0 Å². The van der Waals surface area contributed by atoms with Crippen LogP contribution in [0.4, 0.5) is 10.2 Å². The molecule has 0 radical (unpaired) electrons. The lowest BCUT2D eigenvalue weighted by Gasteiger charge is -2.40. The van der Waals surface area contributed by atoms with E-state index in [2.05, 4.69) is 4.98 Å². The quantitative estimate of drug-likeness (QED) is 0.843. The van der Waals surface area contributed by atoms with Crippen molar-refractivity contribution in [1.29, 1.82) is 0 Å². The Kier molecular flexibility index (Phi) is 4.55. The molecule has 0 unspecified atom stereocenters. The van der Waals surface area contributed by atoms with Gasteiger partial charge in [0.15, 0.2) is 11.6 Å². The lowest BCUT2D eigenvalue weighted by molar-refractivity contribution is -0.129. The van der Waals surface area contributed by atoms with E-state index in [4.69, 9.17) is 0 Å². The first-order valence-electron chi connectivity index (χ1n) is 9.71. The first-order chi connectivity index (χ1) is 13.7. The van der Waals surface area contributed by atoms with E-state index in [1.54, 1.807) is 9.47 Å². The summed E-state index contributed by atoms with van der Waals surface area (Å²) in [6.07, 6.45) is 3.05. The number of carbonyl (C=O) groups is 2. The third-order valence-corrected chi connectivity index (χ3v) is 5.84. The van der Waals surface area contributed by atoms with Crippen LogP contribution in [0.25, 0.3) is 11.0 Å². The third kappa shape index (κ3) is 3.14. The van der Waals surface area contributed by atoms with Gasteiger partial charge in [-0.25, -0.2) is 14.2 Å². The monoisotopic (exact) mass is 402 g/mol. The standard InChI is InChI=1S/C20H23FN4O4/c1-10-8-23(12(3)26)6-7-24(10)19-16(21)11(2)15-17(27)14(20(28)29)9-25(13-4-5-13)18(15)22-19/h9-10,13H,4-8H2,1-3H3,(H,28,29)/t10-/m0/s1. The molecule has 2 aromatic rings. The van der Waals surface area contributed by atoms with E-state index in [0.717, 1.165) is 12.8 Å². The summed E-state index contributed by atoms with van der Waals surface area (Å²) in [5, 5.41) is 9.43. The fourth-order valence-corrected chi connectivity index (χ4v) is 4.03. The van der Waals surface area contributed by atoms with Gasteiger partial charge in [-0.1, -0.05) is 0 Å². The summed E-state index contributed by atoms with van der Waals surface area (Å²) in [6.45, 7) is 6.25. The highest BCUT2D eigenvalue weighted by atomic mass is 19.1. The van der Waals surface area contributed by atoms with Crippen LogP contribution in [-0.2, 0) is 4.79 Å². The van der Waals surface area contributed by atoms with Crippen molar-refractivity contribution in [3.05, 3.63) is 33.4 Å². The Morgan fingerprint density at radius 3 is 2.52 bits per heavy atom. The Morgan fingerprint density at radius 2 is 1.97 bits per heavy atom. The van der Waals surface area contributed by atoms with Gasteiger partial charge in [0.05, 0.1) is 5.39 Å². The Morgan fingerprint density at radius 1 is 1.28 bits per heavy atom. The van der Waals surface area contributed by atoms with Gasteiger partial charge in [0.2, 0.25) is 11.3 Å². The molecule has 29 heavy (non-hydrogen) atoms. The predicted molar refractivity (Wildman–Crippen MR) is 105 cm³/mol. The highest BCUT2D eigenvalue weighted by Gasteiger charge is 2.32. The van der Waals surface area contributed by atoms with Crippen molar-refractivity contribution in [1.82, 2.24) is 14.5 Å². The zero-order valence-corrected chi connectivity index (χ0v) is 16.6. The number of rotatable bonds is 3. The van der Waals surface area contributed by atoms with Crippen LogP contribution in [0.1, 0.15) is 48.7 Å². The second-order valence-corrected chi connectivity index (χ2v) is 7.90. The van der Waals surface area contributed by atoms with Gasteiger partial charge in [-0.15, -0.1) is 0 Å². The van der Waals surface area contributed by atoms with Crippen LogP contribution in [0.15, 0.2) is 11.0 Å². The molecule has 2 aromatic heterocycles. The van der Waals surface area contributed by atoms with Crippen molar-refractivity contribution in [3.8, 4) is 0 Å². The number of halogens is 1. The SMILES string of the molecule is CC(=O)N1CCN(c2nc3c(c(C)c2F)c(=O)c(C(=O)O)cn3C2CC2)[C@@H](C)C1. The number of hydrogen-bond acceptors (Lipinski definition) is 5. The summed E-state index contributed by atoms with van der Waals surface area (Å²) in [5.74, 6) is -1.84. The summed E-state index contributed by atoms with van der Waals surface area (Å²) in [6, 6.07) is -0.0840. The predicted octanol–water partition coefficient (Wildman–Crippen LogP) is 1.93. The number of carboxylic acids is 1. The van der Waals surface area contributed by atoms with Crippen LogP contribution in [0, 0.1) is 12.7 Å². The van der Waals surface area contributed by atoms with Gasteiger partial charge in [-0.3, -0.25) is 9.59 Å². The van der Waals surface area contributed by atoms with Crippen LogP contribution in [0.2, 0.25) is 0 Å². The minimum atomic E-state index is -1.33. The maximum atomic E-state index is 15.3. The molecule has 0 aromatic carbocycles. The Labute approximate surface area is 166 Å². The molecule has 154 valence electrons. The molecule has 2 fully saturated rings. The fraction of sp³-hybridized carbons (Fsp3) is 0.500. The second-order valence-electron chi connectivity index (χ2n) is 7.90. The number of carbonyl (C=O) groups excluding carboxylic acids is 1. The normalized spacial score (nSPS) is 19.7. The minimum Gasteiger partial charge on any atom is -0.477 e. The number of aromatic carboxylic acids is 1. The van der Waals surface area contributed by atoms with Crippen LogP contribution in [0.5, 0.6) is 0 Å². The minimum absolute atomic E-state index is 0.0214. The second kappa shape index (κ2) is 6.82. The largest absolute Gasteiger partial charge is 0.477 e. The Hall–Kier alpha value is -2.97. The van der Waals surface area contributed by atoms with E-state index in [9.17, 15) is 19.5 Å². The molecule has 1 N–H and O–H groups in total. The molecule has 1 atom stereocenters. The molecular formula is C20H23FN4O4. The molecule has 1 aliphatic carbocycles. The van der Waals surface area contributed by atoms with Crippen molar-refractivity contribution in [2.45, 2.75) is 45.7 Å². The van der Waals surface area contributed by atoms with E-state index in [-0.39, 0.29) is 40.3 Å². The number of anilines is 1. The van der Waals surface area contributed by atoms with Gasteiger partial charge in [-0.05, 0) is 26.7 Å². The Balaban J connectivity index is 1.90. The fourth-order valence-electron chi connectivity index (χ4n) is 4.03. The maximum Gasteiger partial charge on any atom is 0.341 e. The molecule has 1 aliphatic heterocycles. The maximum absolute atomic E-state index is 15.3. The molecule has 1 saturated carbocycles. The van der Waals surface area contributed by atoms with E-state index >= 15 is 4.39 Å². The number of nitrogens with zero attached hydrogens (tertiary/aromatic N) is 4. The summed E-state index contributed by atoms with van der Waals surface area (Å²) in [4.78, 5) is 44.0. The van der Waals surface area contributed by atoms with E-state index in [1.165, 1.54) is 20.0 Å². The molecular weight excluding hydrogens is 379 g/mol. The van der Waals surface area contributed by atoms with Crippen molar-refractivity contribution in [3.63, 3.8) is 0 Å². The highest BCUT2D eigenvalue weighted by Crippen LogP contribution is 2.38. The zero-order chi connectivity index (χ0) is 21.0. The molecule has 8 nitrogen and oxygen atoms in total. The molecule has 1 amide bonds. The number of amides is 1. The summed E-state index contributed by atoms with van der Waals surface area (Å²) in [7, 11) is 0. The number of aryl methyl sites for hydroxylation is 1. The van der Waals surface area contributed by atoms with Gasteiger partial charge >= 0.3 is 5.97 Å². The van der Waals surface area contributed by atoms with Gasteiger partial charge in [0, 0.05) is 50.4 Å². The van der Waals surface area contributed by atoms with E-state index in [0.29, 0.717) is 25.3 Å². The Bertz CT molecular complexity index is 1090. The average Bonchev–Trinajstić information content (AvgIpc) is 3.49. The third-order valence-electron chi connectivity index (χ3n) is 5.84. The number of pyridine rings is 2. The number of fused-ring (bicyclic) bond motifs is 1. The number of carboxylic acid groups (broad SMARTS) is 1. The molecule has 4 rings (SSSR count). The molecule has 1 saturated heterocycles. The molecule has 2 aliphatic rings. The van der Waals surface area contributed by atoms with E-state index < -0.39 is 17.2 Å². The number of hydrogen-bond donors (Lipinski definition) is 1. The number of aromatic nitrogens is 2. The van der Waals surface area contributed by atoms with Crippen molar-refractivity contribution in [2.75, 3.05) is 24.5 Å². The summed E-state index contributed by atoms with van der Waals surface area (Å²) < 4.78 is 17.0. The first-order valence-corrected chi connectivity index (χ1v) is 9.71. The van der Waals surface area contributed by atoms with Crippen LogP contribution in [-0.4, -0.2) is 57.1 Å². The average molecular weight is 402 g/mol. The van der Waals surface area contributed by atoms with E-state index in [1.807, 2.05) is 11.8 Å². The molecule has 3 heterocycles. The summed E-state index contributed by atoms with van der Waals surface area (Å²) >= 11 is 0. The molecule has 9 heteroatoms. The van der Waals surface area contributed by atoms with Crippen LogP contribution < -0.4 is 10.3 Å². The van der Waals surface area contributed by atoms with Gasteiger partial charge < -0.3 is 19.5 Å². The number of piperazine rings is 1. The van der Waals surface area contributed by atoms with Crippen molar-refractivity contribution in [2.24, 2.45) is 0 Å². The smallest absolute Gasteiger partial charge is 0.341 e. The van der Waals surface area contributed by atoms with Gasteiger partial charge in [0.25, 0.3) is 0 Å². The zero-order valence-electron chi connectivity index (χ0n) is 16.6. The molecule has 0 bridgehead atoms. The molecule has 0 spiro atoms. The summed E-state index contributed by atoms with van der Waals surface area (Å²) in [5.41, 5.74) is -0.662. The van der Waals surface area contributed by atoms with Crippen LogP contribution in [0.3, 0.4) is 0 Å². The van der Waals surface area contributed by atoms with Crippen molar-refractivity contribution < 1.29 is 19.1 Å². The lowest BCUT2D eigenvalue weighted by Crippen LogP contribution is -2.53. The van der Waals surface area contributed by atoms with Gasteiger partial charge in [0.1, 0.15) is 11.2 Å².